The molecular formula is C20H16BrN3O2. The van der Waals surface area contributed by atoms with Crippen LogP contribution in [0.5, 0.6) is 0 Å². The zero-order valence-corrected chi connectivity index (χ0v) is 15.4. The zero-order chi connectivity index (χ0) is 18.4. The number of carbonyl (C=O) groups is 2. The number of pyridine rings is 1. The van der Waals surface area contributed by atoms with E-state index in [4.69, 9.17) is 0 Å². The Bertz CT molecular complexity index is 915. The summed E-state index contributed by atoms with van der Waals surface area (Å²) in [7, 11) is 0. The molecule has 3 aromatic rings. The lowest BCUT2D eigenvalue weighted by atomic mass is 10.0. The number of rotatable bonds is 6. The van der Waals surface area contributed by atoms with Gasteiger partial charge in [0.25, 0.3) is 0 Å². The first-order chi connectivity index (χ1) is 12.6. The quantitative estimate of drug-likeness (QED) is 0.600. The van der Waals surface area contributed by atoms with Crippen molar-refractivity contribution in [2.45, 2.75) is 0 Å². The van der Waals surface area contributed by atoms with Crippen molar-refractivity contribution in [3.8, 4) is 0 Å². The summed E-state index contributed by atoms with van der Waals surface area (Å²) in [5.41, 5.74) is 2.37. The van der Waals surface area contributed by atoms with Crippen LogP contribution in [0.3, 0.4) is 0 Å². The van der Waals surface area contributed by atoms with Crippen molar-refractivity contribution in [2.75, 3.05) is 17.2 Å². The molecule has 1 heterocycles. The number of aromatic nitrogens is 1. The van der Waals surface area contributed by atoms with Crippen LogP contribution in [0.15, 0.2) is 77.5 Å². The Morgan fingerprint density at radius 2 is 1.69 bits per heavy atom. The predicted octanol–water partition coefficient (Wildman–Crippen LogP) is 4.13. The standard InChI is InChI=1S/C20H16BrN3O2/c21-15-6-7-18(17(12-15)20(26)14-4-2-1-3-5-14)23-13-19(25)24-16-8-10-22-11-9-16/h1-12,23H,13H2,(H,22,24,25). The van der Waals surface area contributed by atoms with Gasteiger partial charge in [-0.05, 0) is 30.3 Å². The zero-order valence-electron chi connectivity index (χ0n) is 13.8. The van der Waals surface area contributed by atoms with E-state index in [1.54, 1.807) is 48.8 Å². The summed E-state index contributed by atoms with van der Waals surface area (Å²) < 4.78 is 0.795. The Morgan fingerprint density at radius 1 is 0.962 bits per heavy atom. The SMILES string of the molecule is O=C(CNc1ccc(Br)cc1C(=O)c1ccccc1)Nc1ccncc1. The van der Waals surface area contributed by atoms with E-state index in [0.717, 1.165) is 4.47 Å². The van der Waals surface area contributed by atoms with Crippen molar-refractivity contribution in [3.05, 3.63) is 88.7 Å². The maximum absolute atomic E-state index is 12.8. The summed E-state index contributed by atoms with van der Waals surface area (Å²) in [6.45, 7) is 0.0407. The highest BCUT2D eigenvalue weighted by atomic mass is 79.9. The molecule has 0 aliphatic heterocycles. The molecule has 1 amide bonds. The van der Waals surface area contributed by atoms with Gasteiger partial charge in [-0.1, -0.05) is 46.3 Å². The predicted molar refractivity (Wildman–Crippen MR) is 105 cm³/mol. The minimum absolute atomic E-state index is 0.0407. The van der Waals surface area contributed by atoms with Crippen LogP contribution in [-0.2, 0) is 4.79 Å². The van der Waals surface area contributed by atoms with Crippen molar-refractivity contribution in [1.29, 1.82) is 0 Å². The molecule has 1 aromatic heterocycles. The molecule has 0 saturated carbocycles. The molecular weight excluding hydrogens is 394 g/mol. The maximum Gasteiger partial charge on any atom is 0.243 e. The molecule has 3 rings (SSSR count). The summed E-state index contributed by atoms with van der Waals surface area (Å²) in [5.74, 6) is -0.318. The average molecular weight is 410 g/mol. The molecule has 2 aromatic carbocycles. The van der Waals surface area contributed by atoms with E-state index in [1.165, 1.54) is 0 Å². The van der Waals surface area contributed by atoms with Crippen LogP contribution >= 0.6 is 15.9 Å². The maximum atomic E-state index is 12.8. The fraction of sp³-hybridized carbons (Fsp3) is 0.0500. The monoisotopic (exact) mass is 409 g/mol. The second kappa shape index (κ2) is 8.40. The fourth-order valence-corrected chi connectivity index (χ4v) is 2.78. The first-order valence-electron chi connectivity index (χ1n) is 7.96. The number of hydrogen-bond donors (Lipinski definition) is 2. The molecule has 2 N–H and O–H groups in total. The molecule has 0 saturated heterocycles. The van der Waals surface area contributed by atoms with Crippen molar-refractivity contribution in [3.63, 3.8) is 0 Å². The van der Waals surface area contributed by atoms with Crippen LogP contribution in [-0.4, -0.2) is 23.2 Å². The van der Waals surface area contributed by atoms with Gasteiger partial charge in [0.2, 0.25) is 5.91 Å². The number of hydrogen-bond acceptors (Lipinski definition) is 4. The summed E-state index contributed by atoms with van der Waals surface area (Å²) in [5, 5.41) is 5.81. The van der Waals surface area contributed by atoms with Gasteiger partial charge >= 0.3 is 0 Å². The van der Waals surface area contributed by atoms with Crippen LogP contribution in [0.1, 0.15) is 15.9 Å². The van der Waals surface area contributed by atoms with Crippen molar-refractivity contribution in [2.24, 2.45) is 0 Å². The summed E-state index contributed by atoms with van der Waals surface area (Å²) in [6, 6.07) is 17.8. The lowest BCUT2D eigenvalue weighted by Crippen LogP contribution is -2.22. The van der Waals surface area contributed by atoms with Gasteiger partial charge in [0, 0.05) is 39.4 Å². The fourth-order valence-electron chi connectivity index (χ4n) is 2.42. The van der Waals surface area contributed by atoms with Crippen LogP contribution in [0.2, 0.25) is 0 Å². The lowest BCUT2D eigenvalue weighted by Gasteiger charge is -2.12. The Morgan fingerprint density at radius 3 is 2.42 bits per heavy atom. The molecule has 26 heavy (non-hydrogen) atoms. The minimum Gasteiger partial charge on any atom is -0.376 e. The molecule has 0 spiro atoms. The van der Waals surface area contributed by atoms with Gasteiger partial charge < -0.3 is 10.6 Å². The van der Waals surface area contributed by atoms with Gasteiger partial charge in [-0.25, -0.2) is 0 Å². The topological polar surface area (TPSA) is 71.1 Å². The summed E-state index contributed by atoms with van der Waals surface area (Å²) >= 11 is 3.40. The van der Waals surface area contributed by atoms with Crippen molar-refractivity contribution in [1.82, 2.24) is 4.98 Å². The molecule has 0 unspecified atom stereocenters. The largest absolute Gasteiger partial charge is 0.376 e. The molecule has 0 aliphatic rings. The van der Waals surface area contributed by atoms with Crippen LogP contribution in [0.4, 0.5) is 11.4 Å². The minimum atomic E-state index is -0.211. The molecule has 6 heteroatoms. The van der Waals surface area contributed by atoms with Crippen molar-refractivity contribution < 1.29 is 9.59 Å². The Balaban J connectivity index is 1.74. The van der Waals surface area contributed by atoms with Crippen LogP contribution in [0, 0.1) is 0 Å². The number of nitrogens with zero attached hydrogens (tertiary/aromatic N) is 1. The lowest BCUT2D eigenvalue weighted by molar-refractivity contribution is -0.114. The van der Waals surface area contributed by atoms with E-state index in [-0.39, 0.29) is 18.2 Å². The second-order valence-electron chi connectivity index (χ2n) is 5.52. The molecule has 0 bridgehead atoms. The smallest absolute Gasteiger partial charge is 0.243 e. The van der Waals surface area contributed by atoms with Gasteiger partial charge in [0.1, 0.15) is 0 Å². The molecule has 0 fully saturated rings. The highest BCUT2D eigenvalue weighted by Gasteiger charge is 2.15. The van der Waals surface area contributed by atoms with Gasteiger partial charge in [-0.15, -0.1) is 0 Å². The van der Waals surface area contributed by atoms with E-state index >= 15 is 0 Å². The number of anilines is 2. The highest BCUT2D eigenvalue weighted by Crippen LogP contribution is 2.24. The molecule has 0 radical (unpaired) electrons. The highest BCUT2D eigenvalue weighted by molar-refractivity contribution is 9.10. The van der Waals surface area contributed by atoms with Crippen molar-refractivity contribution >= 4 is 39.0 Å². The first kappa shape index (κ1) is 17.8. The Kier molecular flexibility index (Phi) is 5.76. The average Bonchev–Trinajstić information content (AvgIpc) is 2.68. The number of ketones is 1. The number of nitrogens with one attached hydrogen (secondary N) is 2. The van der Waals surface area contributed by atoms with E-state index in [2.05, 4.69) is 31.5 Å². The first-order valence-corrected chi connectivity index (χ1v) is 8.76. The number of halogens is 1. The molecule has 5 nitrogen and oxygen atoms in total. The second-order valence-corrected chi connectivity index (χ2v) is 6.44. The van der Waals surface area contributed by atoms with Gasteiger partial charge in [0.05, 0.1) is 6.54 Å². The van der Waals surface area contributed by atoms with Gasteiger partial charge in [-0.3, -0.25) is 14.6 Å². The van der Waals surface area contributed by atoms with E-state index in [0.29, 0.717) is 22.5 Å². The Hall–Kier alpha value is -2.99. The summed E-state index contributed by atoms with van der Waals surface area (Å²) in [6.07, 6.45) is 3.21. The third kappa shape index (κ3) is 4.55. The van der Waals surface area contributed by atoms with E-state index < -0.39 is 0 Å². The third-order valence-corrected chi connectivity index (χ3v) is 4.16. The number of carbonyl (C=O) groups excluding carboxylic acids is 2. The normalized spacial score (nSPS) is 10.2. The number of benzene rings is 2. The van der Waals surface area contributed by atoms with Crippen LogP contribution < -0.4 is 10.6 Å². The molecule has 0 atom stereocenters. The van der Waals surface area contributed by atoms with E-state index in [9.17, 15) is 9.59 Å². The number of amides is 1. The van der Waals surface area contributed by atoms with Gasteiger partial charge in [0.15, 0.2) is 5.78 Å². The van der Waals surface area contributed by atoms with Crippen LogP contribution in [0.25, 0.3) is 0 Å². The molecule has 130 valence electrons. The summed E-state index contributed by atoms with van der Waals surface area (Å²) in [4.78, 5) is 28.8. The van der Waals surface area contributed by atoms with Gasteiger partial charge in [-0.2, -0.15) is 0 Å². The third-order valence-electron chi connectivity index (χ3n) is 3.67. The van der Waals surface area contributed by atoms with E-state index in [1.807, 2.05) is 24.3 Å². The Labute approximate surface area is 159 Å². The molecule has 0 aliphatic carbocycles.